The van der Waals surface area contributed by atoms with Gasteiger partial charge in [0, 0.05) is 38.4 Å². The first-order valence-electron chi connectivity index (χ1n) is 10.0. The van der Waals surface area contributed by atoms with Gasteiger partial charge in [-0.3, -0.25) is 10.1 Å². The lowest BCUT2D eigenvalue weighted by Crippen LogP contribution is -2.42. The lowest BCUT2D eigenvalue weighted by Gasteiger charge is -2.30. The molecule has 1 saturated carbocycles. The van der Waals surface area contributed by atoms with E-state index in [2.05, 4.69) is 25.9 Å². The Morgan fingerprint density at radius 2 is 1.94 bits per heavy atom. The fourth-order valence-corrected chi connectivity index (χ4v) is 3.75. The monoisotopic (exact) mass is 445 g/mol. The van der Waals surface area contributed by atoms with Crippen LogP contribution in [-0.2, 0) is 0 Å². The van der Waals surface area contributed by atoms with E-state index in [4.69, 9.17) is 17.0 Å². The van der Waals surface area contributed by atoms with Gasteiger partial charge < -0.3 is 25.6 Å². The van der Waals surface area contributed by atoms with Crippen LogP contribution in [0.25, 0.3) is 0 Å². The minimum atomic E-state index is -0.461. The molecule has 0 radical (unpaired) electrons. The Balaban J connectivity index is 1.49. The van der Waals surface area contributed by atoms with Crippen LogP contribution in [0, 0.1) is 10.1 Å². The normalized spacial score (nSPS) is 18.0. The molecule has 3 rings (SSSR count). The molecular formula is C20H27N7O3S. The van der Waals surface area contributed by atoms with Crippen molar-refractivity contribution in [2.75, 3.05) is 36.7 Å². The highest BCUT2D eigenvalue weighted by atomic mass is 32.1. The zero-order chi connectivity index (χ0) is 22.4. The minimum absolute atomic E-state index is 0.0350. The number of hydrogen-bond acceptors (Lipinski definition) is 8. The van der Waals surface area contributed by atoms with E-state index in [-0.39, 0.29) is 11.7 Å². The highest BCUT2D eigenvalue weighted by Gasteiger charge is 2.22. The van der Waals surface area contributed by atoms with Gasteiger partial charge in [0.1, 0.15) is 11.6 Å². The van der Waals surface area contributed by atoms with Crippen LogP contribution in [0.2, 0.25) is 0 Å². The molecule has 0 atom stereocenters. The number of hydrogen-bond donors (Lipinski definition) is 3. The summed E-state index contributed by atoms with van der Waals surface area (Å²) in [7, 11) is 5.37. The van der Waals surface area contributed by atoms with Gasteiger partial charge in [0.05, 0.1) is 23.8 Å². The molecule has 1 aliphatic rings. The fraction of sp³-hybridized carbons (Fsp3) is 0.450. The molecule has 3 N–H and O–H groups in total. The van der Waals surface area contributed by atoms with Gasteiger partial charge in [0.25, 0.3) is 5.69 Å². The number of rotatable bonds is 7. The smallest absolute Gasteiger partial charge is 0.273 e. The Kier molecular flexibility index (Phi) is 7.40. The third kappa shape index (κ3) is 6.14. The predicted octanol–water partition coefficient (Wildman–Crippen LogP) is 3.17. The van der Waals surface area contributed by atoms with Crippen molar-refractivity contribution in [3.8, 4) is 5.75 Å². The summed E-state index contributed by atoms with van der Waals surface area (Å²) in [6.07, 6.45) is 5.59. The van der Waals surface area contributed by atoms with Gasteiger partial charge in [0.2, 0.25) is 5.95 Å². The molecule has 0 aliphatic heterocycles. The van der Waals surface area contributed by atoms with Crippen molar-refractivity contribution in [2.45, 2.75) is 37.8 Å². The van der Waals surface area contributed by atoms with Gasteiger partial charge in [-0.25, -0.2) is 4.98 Å². The molecule has 0 unspecified atom stereocenters. The molecule has 166 valence electrons. The lowest BCUT2D eigenvalue weighted by molar-refractivity contribution is -0.384. The standard InChI is InChI=1S/C20H27N7O3S/c1-26(2)18-10-11-21-19(25-18)22-13-4-6-14(7-5-13)23-20(31)24-16-9-8-15(27(28)29)12-17(16)30-3/h8-14H,4-7H2,1-3H3,(H,21,22,25)(H2,23,24,31). The summed E-state index contributed by atoms with van der Waals surface area (Å²) in [6.45, 7) is 0. The van der Waals surface area contributed by atoms with Gasteiger partial charge >= 0.3 is 0 Å². The van der Waals surface area contributed by atoms with Crippen molar-refractivity contribution in [2.24, 2.45) is 0 Å². The lowest BCUT2D eigenvalue weighted by atomic mass is 9.91. The number of thiocarbonyl (C=S) groups is 1. The largest absolute Gasteiger partial charge is 0.494 e. The zero-order valence-electron chi connectivity index (χ0n) is 17.8. The van der Waals surface area contributed by atoms with Crippen molar-refractivity contribution < 1.29 is 9.66 Å². The number of non-ortho nitro benzene ring substituents is 1. The average molecular weight is 446 g/mol. The second-order valence-corrected chi connectivity index (χ2v) is 7.97. The second-order valence-electron chi connectivity index (χ2n) is 7.57. The third-order valence-corrected chi connectivity index (χ3v) is 5.36. The van der Waals surface area contributed by atoms with E-state index in [0.717, 1.165) is 31.5 Å². The van der Waals surface area contributed by atoms with Crippen LogP contribution < -0.4 is 25.6 Å². The predicted molar refractivity (Wildman–Crippen MR) is 125 cm³/mol. The molecular weight excluding hydrogens is 418 g/mol. The molecule has 2 aromatic rings. The number of ether oxygens (including phenoxy) is 1. The molecule has 0 saturated heterocycles. The third-order valence-electron chi connectivity index (χ3n) is 5.14. The van der Waals surface area contributed by atoms with E-state index < -0.39 is 4.92 Å². The number of methoxy groups -OCH3 is 1. The Bertz CT molecular complexity index is 933. The SMILES string of the molecule is COc1cc([N+](=O)[O-])ccc1NC(=S)NC1CCC(Nc2nccc(N(C)C)n2)CC1. The minimum Gasteiger partial charge on any atom is -0.494 e. The molecule has 1 aromatic heterocycles. The number of nitro groups is 1. The van der Waals surface area contributed by atoms with Crippen molar-refractivity contribution in [3.05, 3.63) is 40.6 Å². The maximum atomic E-state index is 10.9. The molecule has 1 aromatic carbocycles. The molecule has 10 nitrogen and oxygen atoms in total. The van der Waals surface area contributed by atoms with Crippen molar-refractivity contribution in [1.82, 2.24) is 15.3 Å². The summed E-state index contributed by atoms with van der Waals surface area (Å²) in [5, 5.41) is 21.2. The summed E-state index contributed by atoms with van der Waals surface area (Å²) in [4.78, 5) is 21.2. The highest BCUT2D eigenvalue weighted by Crippen LogP contribution is 2.29. The number of anilines is 3. The van der Waals surface area contributed by atoms with Crippen molar-refractivity contribution >= 4 is 40.5 Å². The number of aromatic nitrogens is 2. The molecule has 0 amide bonds. The summed E-state index contributed by atoms with van der Waals surface area (Å²) < 4.78 is 5.24. The summed E-state index contributed by atoms with van der Waals surface area (Å²) in [5.74, 6) is 1.88. The molecule has 1 fully saturated rings. The molecule has 0 bridgehead atoms. The maximum absolute atomic E-state index is 10.9. The molecule has 11 heteroatoms. The van der Waals surface area contributed by atoms with E-state index in [1.807, 2.05) is 25.1 Å². The quantitative estimate of drug-likeness (QED) is 0.333. The summed E-state index contributed by atoms with van der Waals surface area (Å²) in [6, 6.07) is 6.81. The number of nitrogens with one attached hydrogen (secondary N) is 3. The van der Waals surface area contributed by atoms with Gasteiger partial charge in [0.15, 0.2) is 5.11 Å². The first-order chi connectivity index (χ1) is 14.9. The second kappa shape index (κ2) is 10.2. The first kappa shape index (κ1) is 22.5. The fourth-order valence-electron chi connectivity index (χ4n) is 3.47. The first-order valence-corrected chi connectivity index (χ1v) is 10.4. The molecule has 1 aliphatic carbocycles. The molecule has 1 heterocycles. The Morgan fingerprint density at radius 1 is 1.23 bits per heavy atom. The topological polar surface area (TPSA) is 117 Å². The Morgan fingerprint density at radius 3 is 2.58 bits per heavy atom. The highest BCUT2D eigenvalue weighted by molar-refractivity contribution is 7.80. The Labute approximate surface area is 186 Å². The Hall–Kier alpha value is -3.21. The van der Waals surface area contributed by atoms with Gasteiger partial charge in [-0.15, -0.1) is 0 Å². The molecule has 31 heavy (non-hydrogen) atoms. The van der Waals surface area contributed by atoms with Crippen molar-refractivity contribution in [1.29, 1.82) is 0 Å². The van der Waals surface area contributed by atoms with E-state index in [1.54, 1.807) is 12.3 Å². The van der Waals surface area contributed by atoms with E-state index in [0.29, 0.717) is 28.5 Å². The van der Waals surface area contributed by atoms with Crippen LogP contribution in [-0.4, -0.2) is 53.3 Å². The summed E-state index contributed by atoms with van der Waals surface area (Å²) >= 11 is 5.43. The van der Waals surface area contributed by atoms with E-state index in [9.17, 15) is 10.1 Å². The molecule has 0 spiro atoms. The average Bonchev–Trinajstić information content (AvgIpc) is 2.75. The maximum Gasteiger partial charge on any atom is 0.273 e. The number of nitro benzene ring substituents is 1. The van der Waals surface area contributed by atoms with E-state index >= 15 is 0 Å². The van der Waals surface area contributed by atoms with Gasteiger partial charge in [-0.2, -0.15) is 4.98 Å². The van der Waals surface area contributed by atoms with Crippen LogP contribution in [0.1, 0.15) is 25.7 Å². The summed E-state index contributed by atoms with van der Waals surface area (Å²) in [5.41, 5.74) is 0.547. The van der Waals surface area contributed by atoms with Gasteiger partial charge in [-0.1, -0.05) is 0 Å². The van der Waals surface area contributed by atoms with Crippen LogP contribution >= 0.6 is 12.2 Å². The van der Waals surface area contributed by atoms with Crippen LogP contribution in [0.5, 0.6) is 5.75 Å². The van der Waals surface area contributed by atoms with Crippen LogP contribution in [0.15, 0.2) is 30.5 Å². The van der Waals surface area contributed by atoms with Crippen molar-refractivity contribution in [3.63, 3.8) is 0 Å². The van der Waals surface area contributed by atoms with Crippen LogP contribution in [0.4, 0.5) is 23.1 Å². The number of benzene rings is 1. The van der Waals surface area contributed by atoms with E-state index in [1.165, 1.54) is 19.2 Å². The zero-order valence-corrected chi connectivity index (χ0v) is 18.6. The number of nitrogens with zero attached hydrogens (tertiary/aromatic N) is 4. The van der Waals surface area contributed by atoms with Crippen LogP contribution in [0.3, 0.4) is 0 Å². The van der Waals surface area contributed by atoms with Gasteiger partial charge in [-0.05, 0) is 50.0 Å².